The molecule has 6 nitrogen and oxygen atoms in total. The van der Waals surface area contributed by atoms with Gasteiger partial charge in [0.2, 0.25) is 5.95 Å². The number of fused-ring (bicyclic) bond motifs is 1. The second-order valence-electron chi connectivity index (χ2n) is 6.21. The lowest BCUT2D eigenvalue weighted by Gasteiger charge is -2.13. The molecule has 0 radical (unpaired) electrons. The third-order valence-electron chi connectivity index (χ3n) is 4.22. The molecular weight excluding hydrogens is 382 g/mol. The Bertz CT molecular complexity index is 1190. The molecule has 0 saturated heterocycles. The Morgan fingerprint density at radius 1 is 1.22 bits per heavy atom. The van der Waals surface area contributed by atoms with Crippen LogP contribution < -0.4 is 10.9 Å². The summed E-state index contributed by atoms with van der Waals surface area (Å²) in [4.78, 5) is 28.6. The van der Waals surface area contributed by atoms with Gasteiger partial charge in [0, 0.05) is 22.2 Å². The number of hydrogen-bond acceptors (Lipinski definition) is 6. The van der Waals surface area contributed by atoms with Crippen molar-refractivity contribution in [3.63, 3.8) is 0 Å². The minimum absolute atomic E-state index is 0.255. The minimum Gasteiger partial charge on any atom is -0.346 e. The zero-order chi connectivity index (χ0) is 19.0. The minimum atomic E-state index is -0.379. The van der Waals surface area contributed by atoms with Crippen LogP contribution in [0.1, 0.15) is 24.2 Å². The third-order valence-corrected chi connectivity index (χ3v) is 5.32. The molecule has 0 saturated carbocycles. The Labute approximate surface area is 164 Å². The predicted molar refractivity (Wildman–Crippen MR) is 109 cm³/mol. The number of nitrogens with one attached hydrogen (secondary N) is 2. The molecule has 3 heterocycles. The van der Waals surface area contributed by atoms with Gasteiger partial charge in [-0.05, 0) is 49.1 Å². The molecule has 3 aromatic heterocycles. The highest BCUT2D eigenvalue weighted by atomic mass is 35.5. The number of thiophene rings is 1. The van der Waals surface area contributed by atoms with E-state index >= 15 is 0 Å². The highest BCUT2D eigenvalue weighted by Gasteiger charge is 2.15. The fraction of sp³-hybridized carbons (Fsp3) is 0.158. The molecule has 4 rings (SSSR count). The second-order valence-corrected chi connectivity index (χ2v) is 7.39. The zero-order valence-electron chi connectivity index (χ0n) is 14.7. The van der Waals surface area contributed by atoms with Crippen LogP contribution in [-0.4, -0.2) is 19.9 Å². The molecule has 0 spiro atoms. The highest BCUT2D eigenvalue weighted by molar-refractivity contribution is 7.08. The number of benzene rings is 1. The fourth-order valence-corrected chi connectivity index (χ4v) is 3.83. The lowest BCUT2D eigenvalue weighted by atomic mass is 10.1. The van der Waals surface area contributed by atoms with Crippen LogP contribution in [0.25, 0.3) is 22.3 Å². The Hall–Kier alpha value is -2.77. The van der Waals surface area contributed by atoms with E-state index in [1.54, 1.807) is 35.7 Å². The van der Waals surface area contributed by atoms with Crippen LogP contribution in [0.3, 0.4) is 0 Å². The summed E-state index contributed by atoms with van der Waals surface area (Å²) in [6.45, 7) is 3.90. The van der Waals surface area contributed by atoms with Crippen LogP contribution >= 0.6 is 22.9 Å². The molecule has 0 fully saturated rings. The molecule has 136 valence electrons. The maximum Gasteiger partial charge on any atom is 0.272 e. The summed E-state index contributed by atoms with van der Waals surface area (Å²) in [5.74, 6) is 0.443. The lowest BCUT2D eigenvalue weighted by Crippen LogP contribution is -2.22. The van der Waals surface area contributed by atoms with Gasteiger partial charge in [-0.2, -0.15) is 11.3 Å². The van der Waals surface area contributed by atoms with Crippen LogP contribution in [0.15, 0.2) is 46.0 Å². The van der Waals surface area contributed by atoms with E-state index in [1.165, 1.54) is 5.56 Å². The van der Waals surface area contributed by atoms with Crippen molar-refractivity contribution >= 4 is 39.9 Å². The Balaban J connectivity index is 1.65. The molecule has 0 bridgehead atoms. The first-order valence-electron chi connectivity index (χ1n) is 8.33. The number of hydrogen-bond donors (Lipinski definition) is 2. The van der Waals surface area contributed by atoms with E-state index in [1.807, 2.05) is 19.9 Å². The Morgan fingerprint density at radius 2 is 2.07 bits per heavy atom. The van der Waals surface area contributed by atoms with Gasteiger partial charge in [-0.15, -0.1) is 0 Å². The van der Waals surface area contributed by atoms with Crippen LogP contribution in [-0.2, 0) is 0 Å². The molecule has 0 aliphatic heterocycles. The first-order chi connectivity index (χ1) is 13.0. The van der Waals surface area contributed by atoms with Gasteiger partial charge < -0.3 is 10.3 Å². The van der Waals surface area contributed by atoms with Gasteiger partial charge >= 0.3 is 0 Å². The summed E-state index contributed by atoms with van der Waals surface area (Å²) >= 11 is 7.67. The van der Waals surface area contributed by atoms with Crippen LogP contribution in [0, 0.1) is 6.92 Å². The highest BCUT2D eigenvalue weighted by Crippen LogP contribution is 2.26. The Morgan fingerprint density at radius 3 is 2.85 bits per heavy atom. The summed E-state index contributed by atoms with van der Waals surface area (Å²) in [7, 11) is 0. The number of H-pyrrole nitrogens is 1. The van der Waals surface area contributed by atoms with Gasteiger partial charge in [0.15, 0.2) is 0 Å². The van der Waals surface area contributed by atoms with Gasteiger partial charge in [-0.1, -0.05) is 11.6 Å². The average Bonchev–Trinajstić information content (AvgIpc) is 3.07. The summed E-state index contributed by atoms with van der Waals surface area (Å²) in [5, 5.41) is 7.87. The molecule has 1 atom stereocenters. The normalized spacial score (nSPS) is 12.3. The lowest BCUT2D eigenvalue weighted by molar-refractivity contribution is 0.808. The molecule has 1 aromatic carbocycles. The third kappa shape index (κ3) is 3.56. The van der Waals surface area contributed by atoms with Crippen molar-refractivity contribution in [2.24, 2.45) is 0 Å². The van der Waals surface area contributed by atoms with Crippen molar-refractivity contribution in [3.05, 3.63) is 67.9 Å². The SMILES string of the molecule is Cc1cscc1-c1ccnc(N[C@@H](C)c2nc3cc(Cl)ccc3[nH]c2=O)n1. The van der Waals surface area contributed by atoms with Crippen molar-refractivity contribution in [3.8, 4) is 11.3 Å². The quantitative estimate of drug-likeness (QED) is 0.526. The predicted octanol–water partition coefficient (Wildman–Crippen LogP) is 4.58. The Kier molecular flexibility index (Phi) is 4.63. The number of anilines is 1. The number of aromatic amines is 1. The summed E-state index contributed by atoms with van der Waals surface area (Å²) in [6.07, 6.45) is 1.70. The van der Waals surface area contributed by atoms with E-state index in [4.69, 9.17) is 11.6 Å². The van der Waals surface area contributed by atoms with Crippen molar-refractivity contribution in [2.45, 2.75) is 19.9 Å². The van der Waals surface area contributed by atoms with Crippen LogP contribution in [0.2, 0.25) is 5.02 Å². The van der Waals surface area contributed by atoms with Crippen molar-refractivity contribution < 1.29 is 0 Å². The van der Waals surface area contributed by atoms with E-state index in [0.717, 1.165) is 11.3 Å². The van der Waals surface area contributed by atoms with Crippen molar-refractivity contribution in [1.29, 1.82) is 0 Å². The second kappa shape index (κ2) is 7.09. The van der Waals surface area contributed by atoms with Crippen molar-refractivity contribution in [2.75, 3.05) is 5.32 Å². The molecule has 0 aliphatic rings. The topological polar surface area (TPSA) is 83.6 Å². The number of rotatable bonds is 4. The fourth-order valence-electron chi connectivity index (χ4n) is 2.83. The first-order valence-corrected chi connectivity index (χ1v) is 9.65. The summed E-state index contributed by atoms with van der Waals surface area (Å²) < 4.78 is 0. The maximum atomic E-state index is 12.4. The number of aromatic nitrogens is 4. The van der Waals surface area contributed by atoms with Gasteiger partial charge in [-0.25, -0.2) is 15.0 Å². The van der Waals surface area contributed by atoms with Crippen molar-refractivity contribution in [1.82, 2.24) is 19.9 Å². The van der Waals surface area contributed by atoms with Gasteiger partial charge in [0.1, 0.15) is 5.69 Å². The molecule has 27 heavy (non-hydrogen) atoms. The maximum absolute atomic E-state index is 12.4. The van der Waals surface area contributed by atoms with E-state index in [2.05, 4.69) is 36.0 Å². The zero-order valence-corrected chi connectivity index (χ0v) is 16.2. The average molecular weight is 398 g/mol. The van der Waals surface area contributed by atoms with Crippen LogP contribution in [0.4, 0.5) is 5.95 Å². The molecule has 0 aliphatic carbocycles. The van der Waals surface area contributed by atoms with E-state index in [9.17, 15) is 4.79 Å². The number of aryl methyl sites for hydroxylation is 1. The summed E-state index contributed by atoms with van der Waals surface area (Å²) in [6, 6.07) is 6.67. The van der Waals surface area contributed by atoms with Gasteiger partial charge in [0.05, 0.1) is 22.8 Å². The summed E-state index contributed by atoms with van der Waals surface area (Å²) in [5.41, 5.74) is 4.46. The molecule has 0 unspecified atom stereocenters. The smallest absolute Gasteiger partial charge is 0.272 e. The molecule has 4 aromatic rings. The largest absolute Gasteiger partial charge is 0.346 e. The van der Waals surface area contributed by atoms with E-state index in [-0.39, 0.29) is 11.6 Å². The van der Waals surface area contributed by atoms with Crippen LogP contribution in [0.5, 0.6) is 0 Å². The molecular formula is C19H16ClN5OS. The molecule has 2 N–H and O–H groups in total. The molecule has 8 heteroatoms. The standard InChI is InChI=1S/C19H16ClN5OS/c1-10-8-27-9-13(10)14-5-6-21-19(25-14)22-11(2)17-18(26)24-15-4-3-12(20)7-16(15)23-17/h3-9,11H,1-2H3,(H,24,26)(H,21,22,25)/t11-/m0/s1. The van der Waals surface area contributed by atoms with E-state index in [0.29, 0.717) is 27.7 Å². The van der Waals surface area contributed by atoms with Gasteiger partial charge in [0.25, 0.3) is 5.56 Å². The number of nitrogens with zero attached hydrogens (tertiary/aromatic N) is 3. The molecule has 0 amide bonds. The van der Waals surface area contributed by atoms with Gasteiger partial charge in [-0.3, -0.25) is 4.79 Å². The number of halogens is 1. The van der Waals surface area contributed by atoms with E-state index < -0.39 is 0 Å². The first kappa shape index (κ1) is 17.6. The monoisotopic (exact) mass is 397 g/mol.